The van der Waals surface area contributed by atoms with E-state index in [9.17, 15) is 9.59 Å². The summed E-state index contributed by atoms with van der Waals surface area (Å²) in [5.74, 6) is -0.449. The van der Waals surface area contributed by atoms with E-state index in [4.69, 9.17) is 9.47 Å². The van der Waals surface area contributed by atoms with Crippen LogP contribution in [0.25, 0.3) is 0 Å². The fourth-order valence-corrected chi connectivity index (χ4v) is 1.80. The molecule has 0 fully saturated rings. The SMILES string of the molecule is CCOC(=O)Nc1sccc1C(=O)OCC. The average molecular weight is 243 g/mol. The van der Waals surface area contributed by atoms with Crippen molar-refractivity contribution in [2.45, 2.75) is 13.8 Å². The zero-order valence-electron chi connectivity index (χ0n) is 9.11. The molecule has 0 unspecified atom stereocenters. The molecule has 1 aromatic heterocycles. The summed E-state index contributed by atoms with van der Waals surface area (Å²) in [6.07, 6.45) is -0.574. The van der Waals surface area contributed by atoms with Gasteiger partial charge in [-0.25, -0.2) is 9.59 Å². The second-order valence-corrected chi connectivity index (χ2v) is 3.65. The van der Waals surface area contributed by atoms with Crippen LogP contribution in [0, 0.1) is 0 Å². The summed E-state index contributed by atoms with van der Waals surface area (Å²) in [4.78, 5) is 22.6. The molecule has 0 saturated heterocycles. The van der Waals surface area contributed by atoms with Crippen molar-refractivity contribution in [2.24, 2.45) is 0 Å². The lowest BCUT2D eigenvalue weighted by Gasteiger charge is -2.05. The molecule has 1 aromatic rings. The van der Waals surface area contributed by atoms with E-state index in [1.165, 1.54) is 11.3 Å². The summed E-state index contributed by atoms with van der Waals surface area (Å²) >= 11 is 1.25. The van der Waals surface area contributed by atoms with E-state index < -0.39 is 12.1 Å². The van der Waals surface area contributed by atoms with Gasteiger partial charge in [-0.3, -0.25) is 5.32 Å². The van der Waals surface area contributed by atoms with Crippen molar-refractivity contribution in [3.8, 4) is 0 Å². The first kappa shape index (κ1) is 12.5. The molecule has 5 nitrogen and oxygen atoms in total. The Kier molecular flexibility index (Phi) is 4.78. The van der Waals surface area contributed by atoms with Gasteiger partial charge in [0.15, 0.2) is 0 Å². The Morgan fingerprint density at radius 1 is 1.31 bits per heavy atom. The number of rotatable bonds is 4. The van der Waals surface area contributed by atoms with E-state index in [1.54, 1.807) is 25.3 Å². The van der Waals surface area contributed by atoms with Gasteiger partial charge < -0.3 is 9.47 Å². The molecular weight excluding hydrogens is 230 g/mol. The third-order valence-corrected chi connectivity index (χ3v) is 2.48. The van der Waals surface area contributed by atoms with Crippen LogP contribution in [0.15, 0.2) is 11.4 Å². The topological polar surface area (TPSA) is 64.6 Å². The van der Waals surface area contributed by atoms with Gasteiger partial charge in [-0.15, -0.1) is 11.3 Å². The summed E-state index contributed by atoms with van der Waals surface area (Å²) in [6.45, 7) is 4.02. The fraction of sp³-hybridized carbons (Fsp3) is 0.400. The molecule has 6 heteroatoms. The van der Waals surface area contributed by atoms with Gasteiger partial charge in [0.2, 0.25) is 0 Å². The lowest BCUT2D eigenvalue weighted by molar-refractivity contribution is 0.0528. The first-order chi connectivity index (χ1) is 7.69. The van der Waals surface area contributed by atoms with Gasteiger partial charge in [0.1, 0.15) is 5.00 Å². The Balaban J connectivity index is 2.70. The molecule has 0 aliphatic carbocycles. The third-order valence-electron chi connectivity index (χ3n) is 1.65. The Hall–Kier alpha value is -1.56. The maximum Gasteiger partial charge on any atom is 0.412 e. The van der Waals surface area contributed by atoms with Gasteiger partial charge in [0.05, 0.1) is 18.8 Å². The van der Waals surface area contributed by atoms with Crippen LogP contribution < -0.4 is 5.32 Å². The monoisotopic (exact) mass is 243 g/mol. The Morgan fingerprint density at radius 2 is 2.00 bits per heavy atom. The summed E-state index contributed by atoms with van der Waals surface area (Å²) < 4.78 is 9.56. The van der Waals surface area contributed by atoms with E-state index in [2.05, 4.69) is 5.32 Å². The molecule has 1 amide bonds. The standard InChI is InChI=1S/C10H13NO4S/c1-3-14-9(12)7-5-6-16-8(7)11-10(13)15-4-2/h5-6H,3-4H2,1-2H3,(H,11,13). The molecule has 0 saturated carbocycles. The van der Waals surface area contributed by atoms with Crippen LogP contribution in [0.4, 0.5) is 9.80 Å². The summed E-state index contributed by atoms with van der Waals surface area (Å²) in [5, 5.41) is 4.63. The van der Waals surface area contributed by atoms with Gasteiger partial charge in [-0.2, -0.15) is 0 Å². The lowest BCUT2D eigenvalue weighted by atomic mass is 10.3. The Labute approximate surface area is 97.4 Å². The molecule has 0 radical (unpaired) electrons. The maximum atomic E-state index is 11.5. The van der Waals surface area contributed by atoms with Crippen molar-refractivity contribution in [1.29, 1.82) is 0 Å². The lowest BCUT2D eigenvalue weighted by Crippen LogP contribution is -2.15. The van der Waals surface area contributed by atoms with E-state index >= 15 is 0 Å². The molecule has 1 N–H and O–H groups in total. The molecular formula is C10H13NO4S. The second-order valence-electron chi connectivity index (χ2n) is 2.73. The van der Waals surface area contributed by atoms with Crippen molar-refractivity contribution >= 4 is 28.4 Å². The molecule has 0 spiro atoms. The number of amides is 1. The van der Waals surface area contributed by atoms with E-state index in [-0.39, 0.29) is 6.61 Å². The van der Waals surface area contributed by atoms with Gasteiger partial charge in [0.25, 0.3) is 0 Å². The van der Waals surface area contributed by atoms with Crippen LogP contribution in [0.1, 0.15) is 24.2 Å². The zero-order valence-corrected chi connectivity index (χ0v) is 9.93. The van der Waals surface area contributed by atoms with Gasteiger partial charge >= 0.3 is 12.1 Å². The highest BCUT2D eigenvalue weighted by Crippen LogP contribution is 2.24. The molecule has 1 rings (SSSR count). The number of esters is 1. The minimum Gasteiger partial charge on any atom is -0.462 e. The Morgan fingerprint density at radius 3 is 2.62 bits per heavy atom. The number of thiophene rings is 1. The van der Waals surface area contributed by atoms with Crippen LogP contribution in [0.5, 0.6) is 0 Å². The van der Waals surface area contributed by atoms with Crippen molar-refractivity contribution in [2.75, 3.05) is 18.5 Å². The van der Waals surface area contributed by atoms with Gasteiger partial charge in [-0.1, -0.05) is 0 Å². The van der Waals surface area contributed by atoms with Gasteiger partial charge in [-0.05, 0) is 25.3 Å². The number of carbonyl (C=O) groups is 2. The highest BCUT2D eigenvalue weighted by Gasteiger charge is 2.15. The molecule has 1 heterocycles. The molecule has 0 aromatic carbocycles. The quantitative estimate of drug-likeness (QED) is 0.825. The molecule has 0 aliphatic heterocycles. The average Bonchev–Trinajstić information content (AvgIpc) is 2.66. The van der Waals surface area contributed by atoms with Gasteiger partial charge in [0, 0.05) is 0 Å². The summed E-state index contributed by atoms with van der Waals surface area (Å²) in [5.41, 5.74) is 0.347. The summed E-state index contributed by atoms with van der Waals surface area (Å²) in [6, 6.07) is 1.60. The number of anilines is 1. The van der Waals surface area contributed by atoms with Crippen molar-refractivity contribution in [3.05, 3.63) is 17.0 Å². The molecule has 88 valence electrons. The number of hydrogen-bond acceptors (Lipinski definition) is 5. The highest BCUT2D eigenvalue weighted by atomic mass is 32.1. The zero-order chi connectivity index (χ0) is 12.0. The molecule has 16 heavy (non-hydrogen) atoms. The van der Waals surface area contributed by atoms with Crippen LogP contribution in [0.2, 0.25) is 0 Å². The smallest absolute Gasteiger partial charge is 0.412 e. The van der Waals surface area contributed by atoms with Crippen molar-refractivity contribution in [3.63, 3.8) is 0 Å². The summed E-state index contributed by atoms with van der Waals surface area (Å²) in [7, 11) is 0. The van der Waals surface area contributed by atoms with Crippen molar-refractivity contribution < 1.29 is 19.1 Å². The number of hydrogen-bond donors (Lipinski definition) is 1. The molecule has 0 atom stereocenters. The van der Waals surface area contributed by atoms with E-state index in [0.717, 1.165) is 0 Å². The van der Waals surface area contributed by atoms with Crippen molar-refractivity contribution in [1.82, 2.24) is 0 Å². The number of ether oxygens (including phenoxy) is 2. The predicted octanol–water partition coefficient (Wildman–Crippen LogP) is 2.49. The van der Waals surface area contributed by atoms with E-state index in [0.29, 0.717) is 17.2 Å². The third kappa shape index (κ3) is 3.23. The second kappa shape index (κ2) is 6.12. The Bertz CT molecular complexity index is 375. The minimum atomic E-state index is -0.574. The van der Waals surface area contributed by atoms with Crippen LogP contribution in [-0.4, -0.2) is 25.3 Å². The normalized spacial score (nSPS) is 9.62. The van der Waals surface area contributed by atoms with Crippen LogP contribution in [0.3, 0.4) is 0 Å². The van der Waals surface area contributed by atoms with E-state index in [1.807, 2.05) is 0 Å². The maximum absolute atomic E-state index is 11.5. The molecule has 0 bridgehead atoms. The highest BCUT2D eigenvalue weighted by molar-refractivity contribution is 7.14. The number of nitrogens with one attached hydrogen (secondary N) is 1. The first-order valence-electron chi connectivity index (χ1n) is 4.87. The van der Waals surface area contributed by atoms with Crippen LogP contribution >= 0.6 is 11.3 Å². The largest absolute Gasteiger partial charge is 0.462 e. The first-order valence-corrected chi connectivity index (χ1v) is 5.75. The fourth-order valence-electron chi connectivity index (χ4n) is 1.04. The molecule has 0 aliphatic rings. The minimum absolute atomic E-state index is 0.284. The predicted molar refractivity (Wildman–Crippen MR) is 60.9 cm³/mol. The van der Waals surface area contributed by atoms with Crippen LogP contribution in [-0.2, 0) is 9.47 Å². The number of carbonyl (C=O) groups excluding carboxylic acids is 2.